The van der Waals surface area contributed by atoms with Gasteiger partial charge < -0.3 is 49.6 Å². The number of aromatic nitrogens is 2. The van der Waals surface area contributed by atoms with Crippen molar-refractivity contribution in [2.45, 2.75) is 32.1 Å². The van der Waals surface area contributed by atoms with E-state index in [-0.39, 0.29) is 36.2 Å². The van der Waals surface area contributed by atoms with Crippen molar-refractivity contribution in [2.24, 2.45) is 0 Å². The molecule has 0 radical (unpaired) electrons. The number of carbonyl (C=O) groups excluding carboxylic acids is 1. The first kappa shape index (κ1) is 41.2. The summed E-state index contributed by atoms with van der Waals surface area (Å²) in [6, 6.07) is 30.4. The van der Waals surface area contributed by atoms with Gasteiger partial charge in [-0.3, -0.25) is 19.2 Å². The Balaban J connectivity index is 0.000000164. The fourth-order valence-corrected chi connectivity index (χ4v) is 8.56. The van der Waals surface area contributed by atoms with Crippen LogP contribution >= 0.6 is 0 Å². The van der Waals surface area contributed by atoms with Gasteiger partial charge >= 0.3 is 5.97 Å². The van der Waals surface area contributed by atoms with E-state index in [4.69, 9.17) is 29.8 Å². The molecule has 0 saturated carbocycles. The number of aromatic amines is 2. The largest absolute Gasteiger partial charge is 0.481 e. The summed E-state index contributed by atoms with van der Waals surface area (Å²) in [5.74, 6) is 1.80. The molecule has 6 heterocycles. The van der Waals surface area contributed by atoms with E-state index >= 15 is 0 Å². The first-order valence-electron chi connectivity index (χ1n) is 21.1. The maximum atomic E-state index is 12.5. The number of ether oxygens (including phenoxy) is 4. The van der Waals surface area contributed by atoms with Crippen LogP contribution in [0.5, 0.6) is 23.0 Å². The van der Waals surface area contributed by atoms with Crippen molar-refractivity contribution in [3.63, 3.8) is 0 Å². The minimum Gasteiger partial charge on any atom is -0.481 e. The number of benzene rings is 4. The smallest absolute Gasteiger partial charge is 0.303 e. The summed E-state index contributed by atoms with van der Waals surface area (Å²) >= 11 is 0. The number of hydrogen-bond donors (Lipinski definition) is 4. The number of rotatable bonds is 9. The maximum absolute atomic E-state index is 12.5. The van der Waals surface area contributed by atoms with E-state index in [0.29, 0.717) is 56.5 Å². The number of carbonyl (C=O) groups is 2. The molecule has 0 spiro atoms. The Morgan fingerprint density at radius 3 is 1.65 bits per heavy atom. The number of nitrogens with one attached hydrogen (secondary N) is 2. The zero-order valence-corrected chi connectivity index (χ0v) is 34.6. The summed E-state index contributed by atoms with van der Waals surface area (Å²) in [4.78, 5) is 58.3. The molecule has 6 aromatic rings. The summed E-state index contributed by atoms with van der Waals surface area (Å²) in [5.41, 5.74) is 16.2. The van der Waals surface area contributed by atoms with E-state index in [0.717, 1.165) is 99.4 Å². The average molecular weight is 850 g/mol. The molecule has 0 unspecified atom stereocenters. The monoisotopic (exact) mass is 849 g/mol. The van der Waals surface area contributed by atoms with Gasteiger partial charge in [0.2, 0.25) is 11.1 Å². The predicted octanol–water partition coefficient (Wildman–Crippen LogP) is 6.71. The van der Waals surface area contributed by atoms with Crippen molar-refractivity contribution >= 4 is 28.8 Å². The SMILES string of the molecule is Nc1cccc2c1Cc1cccc(-c3cc(N4CCOCC4)cc(=O)[nH]3)c1O2.O=C(O)CCC(=O)Cc1cccc2c1Cc1cccc(-c3cc(N4CCOCC4)cc(=O)[nH]3)c1O2. The lowest BCUT2D eigenvalue weighted by molar-refractivity contribution is -0.138. The summed E-state index contributed by atoms with van der Waals surface area (Å²) in [7, 11) is 0. The third-order valence-electron chi connectivity index (χ3n) is 11.7. The number of hydrogen-bond acceptors (Lipinski definition) is 11. The molecule has 63 heavy (non-hydrogen) atoms. The first-order chi connectivity index (χ1) is 30.7. The second kappa shape index (κ2) is 18.1. The van der Waals surface area contributed by atoms with E-state index in [2.05, 4.69) is 19.8 Å². The molecule has 10 rings (SSSR count). The number of H-pyrrole nitrogens is 2. The van der Waals surface area contributed by atoms with E-state index in [9.17, 15) is 19.2 Å². The molecular formula is C49H47N5O9. The summed E-state index contributed by atoms with van der Waals surface area (Å²) < 4.78 is 23.4. The Bertz CT molecular complexity index is 2820. The second-order valence-electron chi connectivity index (χ2n) is 15.9. The average Bonchev–Trinajstić information content (AvgIpc) is 3.30. The van der Waals surface area contributed by atoms with E-state index in [1.165, 1.54) is 0 Å². The number of morpholine rings is 2. The van der Waals surface area contributed by atoms with Crippen LogP contribution in [-0.2, 0) is 38.3 Å². The van der Waals surface area contributed by atoms with Gasteiger partial charge in [-0.25, -0.2) is 0 Å². The van der Waals surface area contributed by atoms with Crippen LogP contribution in [-0.4, -0.2) is 79.4 Å². The minimum atomic E-state index is -0.978. The standard InChI is InChI=1S/C27H26N2O6.C22H21N3O3/c30-20(7-8-26(32)33)13-17-3-2-6-24-22(17)14-18-4-1-5-21(27(18)35-24)23-15-19(16-25(31)28-23)29-9-11-34-12-10-29;23-18-5-2-6-20-17(18)11-14-3-1-4-16(22(14)28-20)19-12-15(13-21(26)24-19)25-7-9-27-10-8-25/h1-6,15-16H,7-14H2,(H,28,31)(H,32,33);1-6,12-13H,7-11,23H2,(H,24,26). The molecule has 14 heteroatoms. The van der Waals surface area contributed by atoms with E-state index in [1.54, 1.807) is 12.1 Å². The number of carboxylic acid groups (broad SMARTS) is 1. The molecule has 5 N–H and O–H groups in total. The van der Waals surface area contributed by atoms with Gasteiger partial charge in [0.25, 0.3) is 0 Å². The normalized spacial score (nSPS) is 15.0. The third-order valence-corrected chi connectivity index (χ3v) is 11.7. The summed E-state index contributed by atoms with van der Waals surface area (Å²) in [6.07, 6.45) is 1.29. The molecule has 2 aromatic heterocycles. The van der Waals surface area contributed by atoms with Gasteiger partial charge in [0, 0.05) is 114 Å². The Labute approximate surface area is 362 Å². The molecule has 4 aliphatic heterocycles. The maximum Gasteiger partial charge on any atom is 0.303 e. The number of para-hydroxylation sites is 2. The Morgan fingerprint density at radius 1 is 0.619 bits per heavy atom. The van der Waals surface area contributed by atoms with Crippen molar-refractivity contribution in [2.75, 3.05) is 68.1 Å². The molecular weight excluding hydrogens is 803 g/mol. The summed E-state index contributed by atoms with van der Waals surface area (Å²) in [5, 5.41) is 8.86. The zero-order valence-electron chi connectivity index (χ0n) is 34.6. The molecule has 0 bridgehead atoms. The number of anilines is 3. The molecule has 2 saturated heterocycles. The lowest BCUT2D eigenvalue weighted by Crippen LogP contribution is -2.36. The van der Waals surface area contributed by atoms with Crippen molar-refractivity contribution in [3.05, 3.63) is 146 Å². The molecule has 4 aromatic carbocycles. The van der Waals surface area contributed by atoms with Gasteiger partial charge in [-0.1, -0.05) is 42.5 Å². The van der Waals surface area contributed by atoms with Crippen LogP contribution < -0.4 is 36.1 Å². The highest BCUT2D eigenvalue weighted by Crippen LogP contribution is 2.45. The Morgan fingerprint density at radius 2 is 1.11 bits per heavy atom. The highest BCUT2D eigenvalue weighted by molar-refractivity contribution is 5.85. The van der Waals surface area contributed by atoms with Crippen LogP contribution in [0.15, 0.2) is 107 Å². The van der Waals surface area contributed by atoms with Crippen LogP contribution in [0.25, 0.3) is 22.5 Å². The number of pyridine rings is 2. The molecule has 0 atom stereocenters. The zero-order chi connectivity index (χ0) is 43.5. The van der Waals surface area contributed by atoms with Gasteiger partial charge in [0.15, 0.2) is 0 Å². The molecule has 0 aliphatic carbocycles. The van der Waals surface area contributed by atoms with Gasteiger partial charge in [-0.15, -0.1) is 0 Å². The van der Waals surface area contributed by atoms with Crippen molar-refractivity contribution < 1.29 is 33.6 Å². The van der Waals surface area contributed by atoms with Gasteiger partial charge in [0.05, 0.1) is 44.2 Å². The van der Waals surface area contributed by atoms with Crippen molar-refractivity contribution in [1.29, 1.82) is 0 Å². The quantitative estimate of drug-likeness (QED) is 0.113. The number of nitrogens with two attached hydrogens (primary N) is 1. The van der Waals surface area contributed by atoms with Crippen LogP contribution in [0.3, 0.4) is 0 Å². The number of aliphatic carboxylic acids is 1. The van der Waals surface area contributed by atoms with Crippen molar-refractivity contribution in [3.8, 4) is 45.5 Å². The molecule has 0 amide bonds. The molecule has 14 nitrogen and oxygen atoms in total. The number of carboxylic acids is 1. The molecule has 322 valence electrons. The fourth-order valence-electron chi connectivity index (χ4n) is 8.56. The number of Topliss-reactive ketones (excluding diaryl/α,β-unsaturated/α-hetero) is 1. The van der Waals surface area contributed by atoms with Gasteiger partial charge in [-0.05, 0) is 48.0 Å². The molecule has 2 fully saturated rings. The van der Waals surface area contributed by atoms with Crippen LogP contribution in [0.4, 0.5) is 17.1 Å². The van der Waals surface area contributed by atoms with Crippen LogP contribution in [0, 0.1) is 0 Å². The Hall–Kier alpha value is -7.16. The second-order valence-corrected chi connectivity index (χ2v) is 15.9. The van der Waals surface area contributed by atoms with Gasteiger partial charge in [-0.2, -0.15) is 0 Å². The first-order valence-corrected chi connectivity index (χ1v) is 21.1. The lowest BCUT2D eigenvalue weighted by Gasteiger charge is -2.29. The Kier molecular flexibility index (Phi) is 11.8. The number of nitrogen functional groups attached to an aromatic ring is 1. The van der Waals surface area contributed by atoms with Crippen LogP contribution in [0.2, 0.25) is 0 Å². The fraction of sp³-hybridized carbons (Fsp3) is 0.265. The highest BCUT2D eigenvalue weighted by atomic mass is 16.5. The minimum absolute atomic E-state index is 0.00738. The van der Waals surface area contributed by atoms with E-state index < -0.39 is 5.97 Å². The predicted molar refractivity (Wildman–Crippen MR) is 240 cm³/mol. The molecule has 4 aliphatic rings. The summed E-state index contributed by atoms with van der Waals surface area (Å²) in [6.45, 7) is 5.61. The highest BCUT2D eigenvalue weighted by Gasteiger charge is 2.26. The topological polar surface area (TPSA) is 190 Å². The lowest BCUT2D eigenvalue weighted by atomic mass is 9.91. The number of nitrogens with zero attached hydrogens (tertiary/aromatic N) is 2. The number of ketones is 1. The van der Waals surface area contributed by atoms with Crippen molar-refractivity contribution in [1.82, 2.24) is 9.97 Å². The van der Waals surface area contributed by atoms with E-state index in [1.807, 2.05) is 84.9 Å². The van der Waals surface area contributed by atoms with Crippen LogP contribution in [0.1, 0.15) is 40.7 Å². The third kappa shape index (κ3) is 9.08. The number of fused-ring (bicyclic) bond motifs is 4. The van der Waals surface area contributed by atoms with Gasteiger partial charge in [0.1, 0.15) is 28.8 Å².